The lowest BCUT2D eigenvalue weighted by molar-refractivity contribution is 0.0307. The monoisotopic (exact) mass is 271 g/mol. The molecule has 3 rings (SSSR count). The van der Waals surface area contributed by atoms with E-state index in [9.17, 15) is 5.26 Å². The van der Waals surface area contributed by atoms with Crippen molar-refractivity contribution in [2.75, 3.05) is 19.8 Å². The molecular formula is C16H21N3O. The fourth-order valence-corrected chi connectivity index (χ4v) is 3.54. The van der Waals surface area contributed by atoms with Crippen LogP contribution in [-0.4, -0.2) is 25.9 Å². The van der Waals surface area contributed by atoms with Crippen molar-refractivity contribution in [3.05, 3.63) is 34.9 Å². The van der Waals surface area contributed by atoms with Gasteiger partial charge in [0, 0.05) is 6.54 Å². The lowest BCUT2D eigenvalue weighted by Crippen LogP contribution is -2.52. The van der Waals surface area contributed by atoms with E-state index in [1.54, 1.807) is 0 Å². The lowest BCUT2D eigenvalue weighted by atomic mass is 9.85. The van der Waals surface area contributed by atoms with E-state index in [0.717, 1.165) is 37.9 Å². The van der Waals surface area contributed by atoms with Crippen molar-refractivity contribution in [3.63, 3.8) is 0 Å². The number of ether oxygens (including phenoxy) is 1. The minimum absolute atomic E-state index is 0.137. The Morgan fingerprint density at radius 2 is 2.45 bits per heavy atom. The van der Waals surface area contributed by atoms with E-state index < -0.39 is 0 Å². The van der Waals surface area contributed by atoms with E-state index in [4.69, 9.17) is 4.74 Å². The van der Waals surface area contributed by atoms with E-state index in [2.05, 4.69) is 29.7 Å². The summed E-state index contributed by atoms with van der Waals surface area (Å²) >= 11 is 0. The SMILES string of the molecule is CCCNC1(C2CNCO2)CCc2c(C#N)cccc21. The molecule has 0 aromatic heterocycles. The maximum absolute atomic E-state index is 9.30. The van der Waals surface area contributed by atoms with Gasteiger partial charge in [-0.25, -0.2) is 0 Å². The first-order valence-electron chi connectivity index (χ1n) is 7.41. The molecule has 0 saturated carbocycles. The van der Waals surface area contributed by atoms with E-state index in [-0.39, 0.29) is 11.6 Å². The van der Waals surface area contributed by atoms with Gasteiger partial charge in [-0.3, -0.25) is 5.32 Å². The average molecular weight is 271 g/mol. The van der Waals surface area contributed by atoms with Crippen LogP contribution in [0, 0.1) is 11.3 Å². The molecule has 0 bridgehead atoms. The molecule has 20 heavy (non-hydrogen) atoms. The summed E-state index contributed by atoms with van der Waals surface area (Å²) in [5.41, 5.74) is 3.14. The van der Waals surface area contributed by atoms with Crippen LogP contribution in [0.15, 0.2) is 18.2 Å². The van der Waals surface area contributed by atoms with Gasteiger partial charge in [0.25, 0.3) is 0 Å². The summed E-state index contributed by atoms with van der Waals surface area (Å²) in [6.07, 6.45) is 3.20. The van der Waals surface area contributed by atoms with E-state index in [1.807, 2.05) is 12.1 Å². The van der Waals surface area contributed by atoms with Crippen molar-refractivity contribution in [3.8, 4) is 6.07 Å². The van der Waals surface area contributed by atoms with E-state index >= 15 is 0 Å². The first kappa shape index (κ1) is 13.6. The van der Waals surface area contributed by atoms with Crippen LogP contribution in [0.4, 0.5) is 0 Å². The molecule has 1 heterocycles. The highest BCUT2D eigenvalue weighted by Crippen LogP contribution is 2.42. The molecule has 1 fully saturated rings. The van der Waals surface area contributed by atoms with Gasteiger partial charge < -0.3 is 10.1 Å². The Bertz CT molecular complexity index is 531. The Balaban J connectivity index is 2.03. The van der Waals surface area contributed by atoms with Crippen molar-refractivity contribution in [1.29, 1.82) is 5.26 Å². The molecular weight excluding hydrogens is 250 g/mol. The predicted octanol–water partition coefficient (Wildman–Crippen LogP) is 1.65. The summed E-state index contributed by atoms with van der Waals surface area (Å²) in [6.45, 7) is 4.63. The second-order valence-electron chi connectivity index (χ2n) is 5.60. The Labute approximate surface area is 120 Å². The minimum atomic E-state index is -0.137. The summed E-state index contributed by atoms with van der Waals surface area (Å²) in [5, 5.41) is 16.3. The summed E-state index contributed by atoms with van der Waals surface area (Å²) in [5.74, 6) is 0. The van der Waals surface area contributed by atoms with Crippen molar-refractivity contribution >= 4 is 0 Å². The molecule has 1 aromatic rings. The van der Waals surface area contributed by atoms with Crippen molar-refractivity contribution in [2.24, 2.45) is 0 Å². The molecule has 0 radical (unpaired) electrons. The maximum Gasteiger partial charge on any atom is 0.0994 e. The third-order valence-corrected chi connectivity index (χ3v) is 4.50. The van der Waals surface area contributed by atoms with Gasteiger partial charge >= 0.3 is 0 Å². The molecule has 0 spiro atoms. The predicted molar refractivity (Wildman–Crippen MR) is 77.2 cm³/mol. The zero-order valence-electron chi connectivity index (χ0n) is 11.9. The Kier molecular flexibility index (Phi) is 3.75. The summed E-state index contributed by atoms with van der Waals surface area (Å²) in [6, 6.07) is 8.40. The number of nitrogens with zero attached hydrogens (tertiary/aromatic N) is 1. The standard InChI is InChI=1S/C16H21N3O/c1-2-8-19-16(15-10-18-11-20-15)7-6-13-12(9-17)4-3-5-14(13)16/h3-5,15,18-19H,2,6-8,10-11H2,1H3. The molecule has 2 aliphatic rings. The smallest absolute Gasteiger partial charge is 0.0994 e. The quantitative estimate of drug-likeness (QED) is 0.874. The lowest BCUT2D eigenvalue weighted by Gasteiger charge is -2.36. The minimum Gasteiger partial charge on any atom is -0.359 e. The van der Waals surface area contributed by atoms with Crippen LogP contribution >= 0.6 is 0 Å². The molecule has 1 aromatic carbocycles. The largest absolute Gasteiger partial charge is 0.359 e. The Morgan fingerprint density at radius 1 is 1.55 bits per heavy atom. The molecule has 1 aliphatic carbocycles. The third-order valence-electron chi connectivity index (χ3n) is 4.50. The van der Waals surface area contributed by atoms with Crippen LogP contribution < -0.4 is 10.6 Å². The van der Waals surface area contributed by atoms with Gasteiger partial charge in [0.2, 0.25) is 0 Å². The molecule has 1 aliphatic heterocycles. The van der Waals surface area contributed by atoms with Crippen LogP contribution in [-0.2, 0) is 16.7 Å². The molecule has 4 heteroatoms. The highest BCUT2D eigenvalue weighted by molar-refractivity contribution is 5.50. The van der Waals surface area contributed by atoms with Gasteiger partial charge in [0.1, 0.15) is 0 Å². The Hall–Kier alpha value is -1.41. The first-order valence-corrected chi connectivity index (χ1v) is 7.41. The van der Waals surface area contributed by atoms with Gasteiger partial charge in [-0.15, -0.1) is 0 Å². The van der Waals surface area contributed by atoms with Crippen LogP contribution in [0.3, 0.4) is 0 Å². The highest BCUT2D eigenvalue weighted by atomic mass is 16.5. The van der Waals surface area contributed by atoms with Crippen molar-refractivity contribution < 1.29 is 4.74 Å². The molecule has 4 nitrogen and oxygen atoms in total. The second-order valence-corrected chi connectivity index (χ2v) is 5.60. The third kappa shape index (κ3) is 2.03. The van der Waals surface area contributed by atoms with Gasteiger partial charge in [-0.2, -0.15) is 5.26 Å². The van der Waals surface area contributed by atoms with Crippen molar-refractivity contribution in [2.45, 2.75) is 37.8 Å². The number of nitriles is 1. The molecule has 2 N–H and O–H groups in total. The molecule has 1 saturated heterocycles. The van der Waals surface area contributed by atoms with Gasteiger partial charge in [-0.05, 0) is 43.0 Å². The summed E-state index contributed by atoms with van der Waals surface area (Å²) < 4.78 is 5.91. The number of rotatable bonds is 4. The van der Waals surface area contributed by atoms with Gasteiger partial charge in [-0.1, -0.05) is 19.1 Å². The first-order chi connectivity index (χ1) is 9.81. The fourth-order valence-electron chi connectivity index (χ4n) is 3.54. The van der Waals surface area contributed by atoms with Crippen LogP contribution in [0.25, 0.3) is 0 Å². The molecule has 106 valence electrons. The summed E-state index contributed by atoms with van der Waals surface area (Å²) in [7, 11) is 0. The van der Waals surface area contributed by atoms with Gasteiger partial charge in [0.05, 0.1) is 30.0 Å². The Morgan fingerprint density at radius 3 is 3.15 bits per heavy atom. The van der Waals surface area contributed by atoms with Crippen LogP contribution in [0.2, 0.25) is 0 Å². The molecule has 2 unspecified atom stereocenters. The number of hydrogen-bond donors (Lipinski definition) is 2. The molecule has 2 atom stereocenters. The normalized spacial score (nSPS) is 28.3. The fraction of sp³-hybridized carbons (Fsp3) is 0.562. The maximum atomic E-state index is 9.30. The highest BCUT2D eigenvalue weighted by Gasteiger charge is 2.47. The summed E-state index contributed by atoms with van der Waals surface area (Å²) in [4.78, 5) is 0. The van der Waals surface area contributed by atoms with Crippen LogP contribution in [0.5, 0.6) is 0 Å². The molecule has 0 amide bonds. The number of nitrogens with one attached hydrogen (secondary N) is 2. The van der Waals surface area contributed by atoms with Gasteiger partial charge in [0.15, 0.2) is 0 Å². The zero-order chi connectivity index (χ0) is 14.0. The second kappa shape index (κ2) is 5.53. The number of hydrogen-bond acceptors (Lipinski definition) is 4. The topological polar surface area (TPSA) is 57.1 Å². The zero-order valence-corrected chi connectivity index (χ0v) is 11.9. The van der Waals surface area contributed by atoms with E-state index in [0.29, 0.717) is 6.73 Å². The van der Waals surface area contributed by atoms with E-state index in [1.165, 1.54) is 11.1 Å². The average Bonchev–Trinajstić information content (AvgIpc) is 3.13. The van der Waals surface area contributed by atoms with Crippen LogP contribution in [0.1, 0.15) is 36.5 Å². The van der Waals surface area contributed by atoms with Crippen molar-refractivity contribution in [1.82, 2.24) is 10.6 Å². The number of benzene rings is 1. The number of fused-ring (bicyclic) bond motifs is 1.